The van der Waals surface area contributed by atoms with Crippen LogP contribution in [0.3, 0.4) is 0 Å². The van der Waals surface area contributed by atoms with E-state index in [4.69, 9.17) is 0 Å². The zero-order chi connectivity index (χ0) is 12.3. The van der Waals surface area contributed by atoms with Crippen LogP contribution in [-0.4, -0.2) is 11.2 Å². The van der Waals surface area contributed by atoms with Gasteiger partial charge in [-0.25, -0.2) is 0 Å². The minimum atomic E-state index is -0.397. The van der Waals surface area contributed by atoms with Gasteiger partial charge in [0.25, 0.3) is 0 Å². The summed E-state index contributed by atoms with van der Waals surface area (Å²) >= 11 is 5.19. The van der Waals surface area contributed by atoms with Gasteiger partial charge in [0.2, 0.25) is 0 Å². The zero-order valence-corrected chi connectivity index (χ0v) is 11.8. The molecule has 0 fully saturated rings. The molecule has 0 spiro atoms. The van der Waals surface area contributed by atoms with E-state index >= 15 is 0 Å². The lowest BCUT2D eigenvalue weighted by Crippen LogP contribution is -1.90. The highest BCUT2D eigenvalue weighted by atomic mass is 79.9. The Morgan fingerprint density at radius 1 is 1.29 bits per heavy atom. The maximum Gasteiger partial charge on any atom is 0.0696 e. The average molecular weight is 309 g/mol. The predicted octanol–water partition coefficient (Wildman–Crippen LogP) is 4.57. The van der Waals surface area contributed by atoms with Gasteiger partial charge in [0, 0.05) is 14.2 Å². The van der Waals surface area contributed by atoms with Gasteiger partial charge in [-0.1, -0.05) is 34.1 Å². The van der Waals surface area contributed by atoms with Crippen molar-refractivity contribution in [2.45, 2.75) is 13.0 Å². The van der Waals surface area contributed by atoms with E-state index in [1.807, 2.05) is 18.2 Å². The van der Waals surface area contributed by atoms with Crippen molar-refractivity contribution in [2.75, 3.05) is 0 Å². The van der Waals surface area contributed by atoms with Crippen molar-refractivity contribution >= 4 is 33.3 Å². The number of thiophene rings is 1. The van der Waals surface area contributed by atoms with Crippen LogP contribution in [-0.2, 0) is 0 Å². The van der Waals surface area contributed by atoms with Gasteiger partial charge in [0.05, 0.1) is 6.10 Å². The summed E-state index contributed by atoms with van der Waals surface area (Å²) in [4.78, 5) is 2.39. The first kappa shape index (κ1) is 12.6. The Labute approximate surface area is 114 Å². The van der Waals surface area contributed by atoms with Crippen molar-refractivity contribution < 1.29 is 5.11 Å². The van der Waals surface area contributed by atoms with Crippen LogP contribution in [0.5, 0.6) is 0 Å². The lowest BCUT2D eigenvalue weighted by atomic mass is 10.2. The second-order valence-electron chi connectivity index (χ2n) is 3.81. The zero-order valence-electron chi connectivity index (χ0n) is 9.43. The van der Waals surface area contributed by atoms with E-state index in [0.29, 0.717) is 0 Å². The van der Waals surface area contributed by atoms with E-state index < -0.39 is 6.10 Å². The molecule has 2 aromatic rings. The number of aliphatic hydroxyl groups excluding tert-OH is 1. The Balaban J connectivity index is 2.24. The highest BCUT2D eigenvalue weighted by Gasteiger charge is 2.01. The van der Waals surface area contributed by atoms with Crippen molar-refractivity contribution in [3.05, 3.63) is 51.8 Å². The van der Waals surface area contributed by atoms with Crippen molar-refractivity contribution in [3.8, 4) is 10.4 Å². The van der Waals surface area contributed by atoms with Gasteiger partial charge in [-0.3, -0.25) is 0 Å². The van der Waals surface area contributed by atoms with E-state index in [1.54, 1.807) is 24.3 Å². The maximum atomic E-state index is 9.19. The van der Waals surface area contributed by atoms with Crippen LogP contribution in [0, 0.1) is 0 Å². The molecule has 88 valence electrons. The summed E-state index contributed by atoms with van der Waals surface area (Å²) in [6, 6.07) is 12.4. The fourth-order valence-corrected chi connectivity index (χ4v) is 2.79. The topological polar surface area (TPSA) is 20.2 Å². The second-order valence-corrected chi connectivity index (χ2v) is 5.84. The molecule has 1 nitrogen and oxygen atoms in total. The van der Waals surface area contributed by atoms with Crippen LogP contribution in [0.15, 0.2) is 46.9 Å². The summed E-state index contributed by atoms with van der Waals surface area (Å²) in [6.07, 6.45) is 3.35. The van der Waals surface area contributed by atoms with Gasteiger partial charge in [-0.05, 0) is 42.8 Å². The monoisotopic (exact) mass is 308 g/mol. The first-order chi connectivity index (χ1) is 8.15. The third-order valence-electron chi connectivity index (χ3n) is 2.27. The Morgan fingerprint density at radius 3 is 2.82 bits per heavy atom. The normalized spacial score (nSPS) is 13.1. The summed E-state index contributed by atoms with van der Waals surface area (Å²) in [6.45, 7) is 1.75. The summed E-state index contributed by atoms with van der Waals surface area (Å²) in [5.41, 5.74) is 1.21. The van der Waals surface area contributed by atoms with Crippen LogP contribution in [0.1, 0.15) is 11.8 Å². The van der Waals surface area contributed by atoms with Crippen molar-refractivity contribution in [1.82, 2.24) is 0 Å². The van der Waals surface area contributed by atoms with Gasteiger partial charge in [0.15, 0.2) is 0 Å². The molecule has 1 heterocycles. The van der Waals surface area contributed by atoms with Crippen LogP contribution in [0.2, 0.25) is 0 Å². The molecule has 0 radical (unpaired) electrons. The molecule has 17 heavy (non-hydrogen) atoms. The summed E-state index contributed by atoms with van der Waals surface area (Å²) in [7, 11) is 0. The minimum Gasteiger partial charge on any atom is -0.389 e. The molecule has 1 aromatic carbocycles. The van der Waals surface area contributed by atoms with Gasteiger partial charge in [-0.15, -0.1) is 11.3 Å². The molecule has 3 heteroatoms. The summed E-state index contributed by atoms with van der Waals surface area (Å²) in [5, 5.41) is 9.19. The number of hydrogen-bond donors (Lipinski definition) is 1. The molecule has 1 N–H and O–H groups in total. The van der Waals surface area contributed by atoms with E-state index in [9.17, 15) is 5.11 Å². The second kappa shape index (κ2) is 5.63. The Morgan fingerprint density at radius 2 is 2.12 bits per heavy atom. The Hall–Kier alpha value is -0.900. The molecule has 0 amide bonds. The highest BCUT2D eigenvalue weighted by molar-refractivity contribution is 9.10. The van der Waals surface area contributed by atoms with Crippen LogP contribution in [0.4, 0.5) is 0 Å². The molecule has 0 aliphatic carbocycles. The minimum absolute atomic E-state index is 0.397. The van der Waals surface area contributed by atoms with E-state index in [2.05, 4.69) is 40.2 Å². The molecule has 0 saturated carbocycles. The molecule has 2 rings (SSSR count). The van der Waals surface area contributed by atoms with Crippen molar-refractivity contribution in [1.29, 1.82) is 0 Å². The standard InChI is InChI=1S/C14H13BrOS/c1-10(16)5-6-13-7-8-14(17-13)11-3-2-4-12(15)9-11/h2-10,16H,1H3/b6-5+. The Bertz CT molecular complexity index is 529. The highest BCUT2D eigenvalue weighted by Crippen LogP contribution is 2.30. The van der Waals surface area contributed by atoms with Gasteiger partial charge in [-0.2, -0.15) is 0 Å². The number of hydrogen-bond acceptors (Lipinski definition) is 2. The molecule has 0 aliphatic rings. The fourth-order valence-electron chi connectivity index (χ4n) is 1.47. The molecular formula is C14H13BrOS. The SMILES string of the molecule is CC(O)/C=C/c1ccc(-c2cccc(Br)c2)s1. The lowest BCUT2D eigenvalue weighted by Gasteiger charge is -1.97. The number of benzene rings is 1. The molecule has 0 aliphatic heterocycles. The first-order valence-electron chi connectivity index (χ1n) is 5.37. The van der Waals surface area contributed by atoms with Crippen LogP contribution in [0.25, 0.3) is 16.5 Å². The lowest BCUT2D eigenvalue weighted by molar-refractivity contribution is 0.245. The average Bonchev–Trinajstić information content (AvgIpc) is 2.75. The molecule has 1 aromatic heterocycles. The third kappa shape index (κ3) is 3.53. The van der Waals surface area contributed by atoms with Crippen molar-refractivity contribution in [3.63, 3.8) is 0 Å². The van der Waals surface area contributed by atoms with Gasteiger partial charge in [0.1, 0.15) is 0 Å². The van der Waals surface area contributed by atoms with Gasteiger partial charge < -0.3 is 5.11 Å². The maximum absolute atomic E-state index is 9.19. The van der Waals surface area contributed by atoms with Crippen LogP contribution >= 0.6 is 27.3 Å². The van der Waals surface area contributed by atoms with Gasteiger partial charge >= 0.3 is 0 Å². The third-order valence-corrected chi connectivity index (χ3v) is 3.87. The fraction of sp³-hybridized carbons (Fsp3) is 0.143. The quantitative estimate of drug-likeness (QED) is 0.880. The van der Waals surface area contributed by atoms with Crippen LogP contribution < -0.4 is 0 Å². The first-order valence-corrected chi connectivity index (χ1v) is 6.98. The number of aliphatic hydroxyl groups is 1. The summed E-state index contributed by atoms with van der Waals surface area (Å²) in [5.74, 6) is 0. The predicted molar refractivity (Wildman–Crippen MR) is 78.2 cm³/mol. The molecule has 1 atom stereocenters. The Kier molecular flexibility index (Phi) is 4.15. The number of halogens is 1. The number of rotatable bonds is 3. The molecule has 1 unspecified atom stereocenters. The van der Waals surface area contributed by atoms with E-state index in [-0.39, 0.29) is 0 Å². The van der Waals surface area contributed by atoms with E-state index in [1.165, 1.54) is 10.4 Å². The van der Waals surface area contributed by atoms with Crippen molar-refractivity contribution in [2.24, 2.45) is 0 Å². The smallest absolute Gasteiger partial charge is 0.0696 e. The largest absolute Gasteiger partial charge is 0.389 e. The molecular weight excluding hydrogens is 296 g/mol. The summed E-state index contributed by atoms with van der Waals surface area (Å²) < 4.78 is 1.09. The van der Waals surface area contributed by atoms with E-state index in [0.717, 1.165) is 9.35 Å². The molecule has 0 saturated heterocycles. The molecule has 0 bridgehead atoms.